The van der Waals surface area contributed by atoms with Gasteiger partial charge in [0, 0.05) is 30.9 Å². The topological polar surface area (TPSA) is 76.6 Å². The normalized spacial score (nSPS) is 15.8. The molecule has 1 aromatic heterocycles. The lowest BCUT2D eigenvalue weighted by molar-refractivity contribution is -0.120. The summed E-state index contributed by atoms with van der Waals surface area (Å²) in [7, 11) is 3.14. The van der Waals surface area contributed by atoms with Gasteiger partial charge in [0.2, 0.25) is 5.91 Å². The molecule has 1 saturated heterocycles. The van der Waals surface area contributed by atoms with Gasteiger partial charge < -0.3 is 19.7 Å². The van der Waals surface area contributed by atoms with Gasteiger partial charge in [-0.3, -0.25) is 4.79 Å². The van der Waals surface area contributed by atoms with Crippen LogP contribution in [0.4, 0.5) is 15.9 Å². The number of halogens is 1. The van der Waals surface area contributed by atoms with Crippen LogP contribution < -0.4 is 19.7 Å². The average molecular weight is 436 g/mol. The maximum absolute atomic E-state index is 13.2. The van der Waals surface area contributed by atoms with Crippen molar-refractivity contribution < 1.29 is 18.7 Å². The fraction of sp³-hybridized carbons (Fsp3) is 0.292. The van der Waals surface area contributed by atoms with Crippen molar-refractivity contribution in [2.75, 3.05) is 37.5 Å². The second-order valence-electron chi connectivity index (χ2n) is 7.59. The second-order valence-corrected chi connectivity index (χ2v) is 7.59. The molecule has 3 aromatic rings. The first-order chi connectivity index (χ1) is 15.6. The highest BCUT2D eigenvalue weighted by Gasteiger charge is 2.27. The van der Waals surface area contributed by atoms with Crippen LogP contribution in [0.1, 0.15) is 12.8 Å². The largest absolute Gasteiger partial charge is 0.497 e. The third-order valence-corrected chi connectivity index (χ3v) is 5.53. The van der Waals surface area contributed by atoms with Crippen molar-refractivity contribution in [1.29, 1.82) is 0 Å². The predicted molar refractivity (Wildman–Crippen MR) is 121 cm³/mol. The van der Waals surface area contributed by atoms with Gasteiger partial charge in [-0.2, -0.15) is 0 Å². The average Bonchev–Trinajstić information content (AvgIpc) is 2.85. The van der Waals surface area contributed by atoms with Crippen LogP contribution in [0.3, 0.4) is 0 Å². The van der Waals surface area contributed by atoms with Crippen LogP contribution >= 0.6 is 0 Å². The number of methoxy groups -OCH3 is 2. The first-order valence-corrected chi connectivity index (χ1v) is 10.4. The van der Waals surface area contributed by atoms with Crippen LogP contribution in [0, 0.1) is 11.7 Å². The molecule has 4 rings (SSSR count). The highest BCUT2D eigenvalue weighted by Crippen LogP contribution is 2.30. The van der Waals surface area contributed by atoms with Crippen molar-refractivity contribution in [1.82, 2.24) is 9.97 Å². The molecule has 166 valence electrons. The van der Waals surface area contributed by atoms with Crippen LogP contribution in [-0.2, 0) is 4.79 Å². The number of aromatic nitrogens is 2. The van der Waals surface area contributed by atoms with Gasteiger partial charge in [-0.1, -0.05) is 0 Å². The van der Waals surface area contributed by atoms with E-state index in [9.17, 15) is 9.18 Å². The molecule has 32 heavy (non-hydrogen) atoms. The highest BCUT2D eigenvalue weighted by molar-refractivity contribution is 5.94. The Hall–Kier alpha value is -3.68. The Morgan fingerprint density at radius 3 is 2.69 bits per heavy atom. The molecular weight excluding hydrogens is 411 g/mol. The second kappa shape index (κ2) is 9.64. The molecule has 1 N–H and O–H groups in total. The zero-order valence-electron chi connectivity index (χ0n) is 18.0. The third kappa shape index (κ3) is 4.80. The summed E-state index contributed by atoms with van der Waals surface area (Å²) in [4.78, 5) is 24.0. The van der Waals surface area contributed by atoms with Gasteiger partial charge in [0.1, 0.15) is 23.1 Å². The SMILES string of the molecule is COc1ccc(NC(=O)[C@@H]2CCCN(c3ccnc(-c4ccc(F)cc4)n3)C2)c(OC)c1. The zero-order valence-corrected chi connectivity index (χ0v) is 18.0. The van der Waals surface area contributed by atoms with Gasteiger partial charge in [0.15, 0.2) is 5.82 Å². The quantitative estimate of drug-likeness (QED) is 0.626. The summed E-state index contributed by atoms with van der Waals surface area (Å²) in [6.07, 6.45) is 3.34. The molecule has 1 fully saturated rings. The fourth-order valence-electron chi connectivity index (χ4n) is 3.80. The van der Waals surface area contributed by atoms with E-state index >= 15 is 0 Å². The van der Waals surface area contributed by atoms with E-state index in [-0.39, 0.29) is 17.6 Å². The summed E-state index contributed by atoms with van der Waals surface area (Å²) in [6.45, 7) is 1.35. The minimum absolute atomic E-state index is 0.0639. The molecular formula is C24H25FN4O3. The number of benzene rings is 2. The van der Waals surface area contributed by atoms with Gasteiger partial charge in [-0.15, -0.1) is 0 Å². The van der Waals surface area contributed by atoms with Gasteiger partial charge in [0.25, 0.3) is 0 Å². The summed E-state index contributed by atoms with van der Waals surface area (Å²) in [5, 5.41) is 2.98. The molecule has 1 atom stereocenters. The van der Waals surface area contributed by atoms with E-state index in [1.807, 2.05) is 6.07 Å². The van der Waals surface area contributed by atoms with Crippen molar-refractivity contribution in [3.63, 3.8) is 0 Å². The van der Waals surface area contributed by atoms with E-state index in [2.05, 4.69) is 20.2 Å². The fourth-order valence-corrected chi connectivity index (χ4v) is 3.80. The Kier molecular flexibility index (Phi) is 6.49. The number of amides is 1. The smallest absolute Gasteiger partial charge is 0.229 e. The minimum Gasteiger partial charge on any atom is -0.497 e. The maximum Gasteiger partial charge on any atom is 0.229 e. The van der Waals surface area contributed by atoms with Gasteiger partial charge in [-0.05, 0) is 55.3 Å². The van der Waals surface area contributed by atoms with Crippen LogP contribution in [-0.4, -0.2) is 43.2 Å². The monoisotopic (exact) mass is 436 g/mol. The molecule has 0 saturated carbocycles. The van der Waals surface area contributed by atoms with Crippen LogP contribution in [0.5, 0.6) is 11.5 Å². The van der Waals surface area contributed by atoms with E-state index in [1.54, 1.807) is 50.7 Å². The lowest BCUT2D eigenvalue weighted by Gasteiger charge is -2.33. The standard InChI is InChI=1S/C24H25FN4O3/c1-31-19-9-10-20(21(14-19)32-2)27-24(30)17-4-3-13-29(15-17)22-11-12-26-23(28-22)16-5-7-18(25)8-6-16/h5-12,14,17H,3-4,13,15H2,1-2H3,(H,27,30)/t17-/m1/s1. The molecule has 1 aliphatic rings. The number of carbonyl (C=O) groups is 1. The van der Waals surface area contributed by atoms with E-state index in [4.69, 9.17) is 9.47 Å². The number of anilines is 2. The molecule has 0 aliphatic carbocycles. The number of nitrogens with one attached hydrogen (secondary N) is 1. The predicted octanol–water partition coefficient (Wildman–Crippen LogP) is 4.16. The lowest BCUT2D eigenvalue weighted by Crippen LogP contribution is -2.41. The number of hydrogen-bond acceptors (Lipinski definition) is 6. The van der Waals surface area contributed by atoms with Crippen LogP contribution in [0.25, 0.3) is 11.4 Å². The Balaban J connectivity index is 1.47. The number of carbonyl (C=O) groups excluding carboxylic acids is 1. The molecule has 2 heterocycles. The lowest BCUT2D eigenvalue weighted by atomic mass is 9.97. The van der Waals surface area contributed by atoms with Crippen molar-refractivity contribution in [3.05, 3.63) is 60.5 Å². The molecule has 0 radical (unpaired) electrons. The zero-order chi connectivity index (χ0) is 22.5. The number of nitrogens with zero attached hydrogens (tertiary/aromatic N) is 3. The molecule has 0 spiro atoms. The number of hydrogen-bond donors (Lipinski definition) is 1. The van der Waals surface area contributed by atoms with Crippen molar-refractivity contribution >= 4 is 17.4 Å². The summed E-state index contributed by atoms with van der Waals surface area (Å²) < 4.78 is 23.8. The number of piperidine rings is 1. The van der Waals surface area contributed by atoms with E-state index in [0.29, 0.717) is 29.6 Å². The Labute approximate surface area is 186 Å². The molecule has 0 bridgehead atoms. The van der Waals surface area contributed by atoms with Crippen LogP contribution in [0.2, 0.25) is 0 Å². The van der Waals surface area contributed by atoms with Crippen LogP contribution in [0.15, 0.2) is 54.7 Å². The maximum atomic E-state index is 13.2. The molecule has 2 aromatic carbocycles. The number of rotatable bonds is 6. The summed E-state index contributed by atoms with van der Waals surface area (Å²) in [6, 6.07) is 13.2. The Bertz CT molecular complexity index is 1090. The first-order valence-electron chi connectivity index (χ1n) is 10.4. The Morgan fingerprint density at radius 1 is 1.12 bits per heavy atom. The summed E-state index contributed by atoms with van der Waals surface area (Å²) in [5.74, 6) is 1.92. The molecule has 0 unspecified atom stereocenters. The molecule has 1 amide bonds. The van der Waals surface area contributed by atoms with E-state index in [1.165, 1.54) is 12.1 Å². The van der Waals surface area contributed by atoms with Crippen molar-refractivity contribution in [3.8, 4) is 22.9 Å². The first kappa shape index (κ1) is 21.5. The van der Waals surface area contributed by atoms with Crippen molar-refractivity contribution in [2.45, 2.75) is 12.8 Å². The Morgan fingerprint density at radius 2 is 1.94 bits per heavy atom. The van der Waals surface area contributed by atoms with Gasteiger partial charge in [-0.25, -0.2) is 14.4 Å². The highest BCUT2D eigenvalue weighted by atomic mass is 19.1. The number of ether oxygens (including phenoxy) is 2. The van der Waals surface area contributed by atoms with Gasteiger partial charge >= 0.3 is 0 Å². The molecule has 7 nitrogen and oxygen atoms in total. The van der Waals surface area contributed by atoms with E-state index < -0.39 is 0 Å². The summed E-state index contributed by atoms with van der Waals surface area (Å²) >= 11 is 0. The molecule has 1 aliphatic heterocycles. The van der Waals surface area contributed by atoms with E-state index in [0.717, 1.165) is 30.8 Å². The van der Waals surface area contributed by atoms with Gasteiger partial charge in [0.05, 0.1) is 25.8 Å². The third-order valence-electron chi connectivity index (χ3n) is 5.53. The minimum atomic E-state index is -0.303. The summed E-state index contributed by atoms with van der Waals surface area (Å²) in [5.41, 5.74) is 1.35. The molecule has 8 heteroatoms. The van der Waals surface area contributed by atoms with Crippen molar-refractivity contribution in [2.24, 2.45) is 5.92 Å².